The quantitative estimate of drug-likeness (QED) is 0.0641. The Balaban J connectivity index is 1.06. The Labute approximate surface area is 454 Å². The van der Waals surface area contributed by atoms with Crippen molar-refractivity contribution in [2.24, 2.45) is 29.6 Å². The number of carbonyl (C=O) groups excluding carboxylic acids is 3. The fraction of sp³-hybridized carbons (Fsp3) is 0.615. The molecule has 5 saturated carbocycles. The zero-order valence-corrected chi connectivity index (χ0v) is 45.1. The van der Waals surface area contributed by atoms with Gasteiger partial charge in [0, 0.05) is 73.1 Å². The van der Waals surface area contributed by atoms with Gasteiger partial charge in [0.1, 0.15) is 29.0 Å². The van der Waals surface area contributed by atoms with Crippen molar-refractivity contribution in [2.75, 3.05) is 18.5 Å². The molecule has 12 nitrogen and oxygen atoms in total. The lowest BCUT2D eigenvalue weighted by Crippen LogP contribution is -2.65. The smallest absolute Gasteiger partial charge is 0.334 e. The molecule has 0 spiro atoms. The molecule has 5 fully saturated rings. The third-order valence-electron chi connectivity index (χ3n) is 19.6. The number of phenols is 1. The lowest BCUT2D eigenvalue weighted by atomic mass is 9.48. The minimum atomic E-state index is -1.59. The number of Topliss-reactive ketones (excluding diaryl/α,β-unsaturated/α-hetero) is 1. The number of nitrogens with one attached hydrogen (secondary N) is 1. The van der Waals surface area contributed by atoms with Crippen LogP contribution in [0.15, 0.2) is 60.2 Å². The number of ketones is 1. The van der Waals surface area contributed by atoms with Crippen LogP contribution < -0.4 is 10.1 Å². The summed E-state index contributed by atoms with van der Waals surface area (Å²) in [5.74, 6) is 3.83. The molecule has 12 heteroatoms. The van der Waals surface area contributed by atoms with Crippen LogP contribution in [0.4, 0.5) is 5.69 Å². The van der Waals surface area contributed by atoms with Gasteiger partial charge in [-0.3, -0.25) is 9.59 Å². The second-order valence-corrected chi connectivity index (χ2v) is 24.9. The number of rotatable bonds is 10. The van der Waals surface area contributed by atoms with Crippen molar-refractivity contribution in [1.29, 1.82) is 0 Å². The van der Waals surface area contributed by atoms with Gasteiger partial charge >= 0.3 is 11.9 Å². The zero-order valence-electron chi connectivity index (χ0n) is 45.1. The van der Waals surface area contributed by atoms with E-state index < -0.39 is 47.2 Å². The number of carbonyl (C=O) groups is 3. The van der Waals surface area contributed by atoms with Gasteiger partial charge in [-0.25, -0.2) is 4.79 Å². The molecule has 0 amide bonds. The lowest BCUT2D eigenvalue weighted by molar-refractivity contribution is -0.228. The first-order valence-corrected chi connectivity index (χ1v) is 29.6. The maximum Gasteiger partial charge on any atom is 0.334 e. The molecule has 412 valence electrons. The molecule has 3 aromatic carbocycles. The molecule has 77 heavy (non-hydrogen) atoms. The van der Waals surface area contributed by atoms with Crippen molar-refractivity contribution in [3.8, 4) is 23.3 Å². The monoisotopic (exact) mass is 1050 g/mol. The van der Waals surface area contributed by atoms with Crippen molar-refractivity contribution in [3.63, 3.8) is 0 Å². The van der Waals surface area contributed by atoms with Crippen LogP contribution in [0, 0.1) is 41.4 Å². The molecular formula is C65H81NO11. The van der Waals surface area contributed by atoms with Gasteiger partial charge in [0.15, 0.2) is 0 Å². The Kier molecular flexibility index (Phi) is 16.1. The minimum Gasteiger partial charge on any atom is -0.507 e. The summed E-state index contributed by atoms with van der Waals surface area (Å²) < 4.78 is 19.4. The van der Waals surface area contributed by atoms with Crippen molar-refractivity contribution in [3.05, 3.63) is 99.1 Å². The molecule has 3 heterocycles. The van der Waals surface area contributed by atoms with E-state index in [1.54, 1.807) is 13.0 Å². The first-order chi connectivity index (χ1) is 37.2. The minimum absolute atomic E-state index is 0.00774. The number of benzene rings is 3. The van der Waals surface area contributed by atoms with Gasteiger partial charge < -0.3 is 45.1 Å². The summed E-state index contributed by atoms with van der Waals surface area (Å²) in [5, 5.41) is 65.0. The average Bonchev–Trinajstić information content (AvgIpc) is 3.44. The number of hydrogen-bond acceptors (Lipinski definition) is 12. The van der Waals surface area contributed by atoms with E-state index in [1.165, 1.54) is 6.42 Å². The summed E-state index contributed by atoms with van der Waals surface area (Å²) >= 11 is 0. The maximum absolute atomic E-state index is 15.7. The Morgan fingerprint density at radius 1 is 0.818 bits per heavy atom. The van der Waals surface area contributed by atoms with Crippen LogP contribution >= 0.6 is 0 Å². The number of aliphatic hydroxyl groups excluding tert-OH is 2. The Bertz CT molecular complexity index is 2780. The summed E-state index contributed by atoms with van der Waals surface area (Å²) in [5.41, 5.74) is 2.92. The van der Waals surface area contributed by atoms with E-state index in [0.29, 0.717) is 71.5 Å². The van der Waals surface area contributed by atoms with E-state index in [0.717, 1.165) is 101 Å². The first kappa shape index (κ1) is 53.9. The molecule has 0 unspecified atom stereocenters. The van der Waals surface area contributed by atoms with Gasteiger partial charge in [0.25, 0.3) is 0 Å². The molecule has 11 rings (SSSR count). The molecule has 0 saturated heterocycles. The van der Waals surface area contributed by atoms with E-state index in [1.807, 2.05) is 42.5 Å². The fourth-order valence-corrected chi connectivity index (χ4v) is 15.6. The highest BCUT2D eigenvalue weighted by Crippen LogP contribution is 2.59. The summed E-state index contributed by atoms with van der Waals surface area (Å²) in [7, 11) is 0. The van der Waals surface area contributed by atoms with Crippen LogP contribution in [0.3, 0.4) is 0 Å². The number of phenolic OH excluding ortho intramolecular Hbond substituents is 1. The summed E-state index contributed by atoms with van der Waals surface area (Å²) in [6.07, 6.45) is 15.8. The molecule has 8 aliphatic rings. The first-order valence-electron chi connectivity index (χ1n) is 29.6. The van der Waals surface area contributed by atoms with Gasteiger partial charge in [-0.15, -0.1) is 0 Å². The highest BCUT2D eigenvalue weighted by Gasteiger charge is 2.62. The molecule has 5 aliphatic carbocycles. The number of esters is 2. The predicted octanol–water partition coefficient (Wildman–Crippen LogP) is 10.1. The van der Waals surface area contributed by atoms with Crippen LogP contribution in [0.25, 0.3) is 0 Å². The number of anilines is 1. The fourth-order valence-electron chi connectivity index (χ4n) is 15.6. The Morgan fingerprint density at radius 3 is 2.35 bits per heavy atom. The molecule has 11 atom stereocenters. The summed E-state index contributed by atoms with van der Waals surface area (Å²) in [6, 6.07) is 15.5. The van der Waals surface area contributed by atoms with E-state index in [9.17, 15) is 35.1 Å². The molecule has 10 bridgehead atoms. The van der Waals surface area contributed by atoms with Gasteiger partial charge in [0.05, 0.1) is 36.8 Å². The van der Waals surface area contributed by atoms with Crippen LogP contribution in [0.2, 0.25) is 0 Å². The van der Waals surface area contributed by atoms with E-state index in [2.05, 4.69) is 23.2 Å². The highest BCUT2D eigenvalue weighted by atomic mass is 16.6. The zero-order chi connectivity index (χ0) is 53.4. The van der Waals surface area contributed by atoms with Crippen molar-refractivity contribution < 1.29 is 54.1 Å². The third-order valence-corrected chi connectivity index (χ3v) is 19.6. The normalized spacial score (nSPS) is 32.4. The lowest BCUT2D eigenvalue weighted by Gasteiger charge is -2.59. The number of aromatic hydroxyl groups is 1. The second kappa shape index (κ2) is 23.0. The van der Waals surface area contributed by atoms with Crippen molar-refractivity contribution in [1.82, 2.24) is 0 Å². The third kappa shape index (κ3) is 11.5. The molecule has 6 N–H and O–H groups in total. The van der Waals surface area contributed by atoms with Crippen LogP contribution in [-0.4, -0.2) is 85.9 Å². The van der Waals surface area contributed by atoms with Crippen molar-refractivity contribution >= 4 is 23.4 Å². The number of fused-ring (bicyclic) bond motifs is 9. The van der Waals surface area contributed by atoms with E-state index in [-0.39, 0.29) is 97.6 Å². The number of aliphatic hydroxyl groups is 4. The van der Waals surface area contributed by atoms with Crippen LogP contribution in [0.5, 0.6) is 11.5 Å². The molecule has 3 aliphatic heterocycles. The molecule has 3 aromatic rings. The van der Waals surface area contributed by atoms with Gasteiger partial charge in [-0.05, 0) is 146 Å². The van der Waals surface area contributed by atoms with Crippen LogP contribution in [0.1, 0.15) is 192 Å². The van der Waals surface area contributed by atoms with Gasteiger partial charge in [-0.1, -0.05) is 100.0 Å². The Hall–Kier alpha value is -5.03. The number of hydrogen-bond donors (Lipinski definition) is 6. The summed E-state index contributed by atoms with van der Waals surface area (Å²) in [6.45, 7) is 2.11. The van der Waals surface area contributed by atoms with E-state index >= 15 is 4.79 Å². The SMILES string of the molecule is C[C@@](O)(CCOC1CCCCC1)CNc1cc(CO)cc([C@H]2C#C[C@@H]3CC(=O)Oc4c3cc(c(O)c4C3CCCCC3)C[C@H]3OC(=O)/C(=C\[C@H](O)Cc4cccc(c4)C[C@@H]4C(=O)CC[C@@H]5[C@@H]4C[C@@H]4CCCC[C@H]4[C@]53O)C2)c1. The largest absolute Gasteiger partial charge is 0.507 e. The predicted molar refractivity (Wildman–Crippen MR) is 292 cm³/mol. The number of ether oxygens (including phenoxy) is 3. The summed E-state index contributed by atoms with van der Waals surface area (Å²) in [4.78, 5) is 43.9. The Morgan fingerprint density at radius 2 is 1.56 bits per heavy atom. The van der Waals surface area contributed by atoms with Crippen LogP contribution in [-0.2, 0) is 49.7 Å². The average molecular weight is 1050 g/mol. The molecular weight excluding hydrogens is 971 g/mol. The molecule has 0 aromatic heterocycles. The van der Waals surface area contributed by atoms with E-state index in [4.69, 9.17) is 14.2 Å². The topological polar surface area (TPSA) is 192 Å². The highest BCUT2D eigenvalue weighted by molar-refractivity contribution is 5.89. The van der Waals surface area contributed by atoms with Gasteiger partial charge in [0.2, 0.25) is 0 Å². The van der Waals surface area contributed by atoms with Crippen molar-refractivity contribution in [2.45, 2.75) is 208 Å². The standard InChI is InChI=1S/C65H81NO11/c1-64(73,23-24-75-51-16-6-3-7-17-51)38-66-49-27-41(37-67)26-46(31-49)43-19-20-44-36-59(70)77-62-52(44)34-47(61(71)60(62)42-13-4-2-5-14-42)35-58-65(74)55-18-9-8-15-45(55)33-53-54(57(69)22-21-56(53)65)29-40-12-10-11-39(25-40)28-50(68)32-48(30-43)63(72)76-58/h10-12,25-27,31-32,34,42-45,50-51,53-56,58,66-68,71,73-74H,2-9,13-18,21-24,28-30,33,35-38H2,1H3/b48-32-/t43-,44+,45-,50+,53+,54-,55+,56+,58+,64+,65-/m0/s1. The van der Waals surface area contributed by atoms with Gasteiger partial charge in [-0.2, -0.15) is 0 Å². The maximum atomic E-state index is 15.7. The second-order valence-electron chi connectivity index (χ2n) is 24.9. The molecule has 0 radical (unpaired) electrons.